The van der Waals surface area contributed by atoms with Gasteiger partial charge in [0.2, 0.25) is 10.0 Å². The van der Waals surface area contributed by atoms with Crippen molar-refractivity contribution < 1.29 is 13.2 Å². The quantitative estimate of drug-likeness (QED) is 0.791. The fourth-order valence-electron chi connectivity index (χ4n) is 3.73. The Labute approximate surface area is 173 Å². The smallest absolute Gasteiger partial charge is 0.274 e. The molecule has 2 aliphatic rings. The fraction of sp³-hybridized carbons (Fsp3) is 0.444. The van der Waals surface area contributed by atoms with Crippen LogP contribution in [-0.2, 0) is 22.9 Å². The monoisotopic (exact) mass is 442 g/mol. The summed E-state index contributed by atoms with van der Waals surface area (Å²) in [7, 11) is -3.69. The number of fused-ring (bicyclic) bond motifs is 1. The number of aryl methyl sites for hydroxylation is 1. The molecule has 10 heteroatoms. The number of nitrogens with one attached hydrogen (secondary N) is 1. The molecule has 1 saturated heterocycles. The number of carbonyl (C=O) groups is 1. The molecular formula is C18H20Cl2N4O3S. The number of rotatable bonds is 3. The van der Waals surface area contributed by atoms with E-state index in [9.17, 15) is 13.2 Å². The highest BCUT2D eigenvalue weighted by molar-refractivity contribution is 7.89. The average Bonchev–Trinajstić information content (AvgIpc) is 3.13. The zero-order valence-corrected chi connectivity index (χ0v) is 17.4. The summed E-state index contributed by atoms with van der Waals surface area (Å²) >= 11 is 11.8. The van der Waals surface area contributed by atoms with Gasteiger partial charge in [0.15, 0.2) is 5.69 Å². The summed E-state index contributed by atoms with van der Waals surface area (Å²) in [4.78, 5) is 14.7. The lowest BCUT2D eigenvalue weighted by molar-refractivity contribution is 0.0690. The van der Waals surface area contributed by atoms with Crippen molar-refractivity contribution in [2.24, 2.45) is 0 Å². The molecule has 0 saturated carbocycles. The Hall–Kier alpha value is -1.61. The van der Waals surface area contributed by atoms with E-state index in [1.54, 1.807) is 4.90 Å². The zero-order chi connectivity index (χ0) is 19.9. The molecule has 1 aliphatic carbocycles. The number of hydrogen-bond donors (Lipinski definition) is 1. The van der Waals surface area contributed by atoms with Crippen LogP contribution in [0.3, 0.4) is 0 Å². The maximum absolute atomic E-state index is 12.9. The van der Waals surface area contributed by atoms with E-state index in [0.717, 1.165) is 36.9 Å². The van der Waals surface area contributed by atoms with E-state index in [1.165, 1.54) is 22.5 Å². The van der Waals surface area contributed by atoms with Crippen molar-refractivity contribution in [3.63, 3.8) is 0 Å². The van der Waals surface area contributed by atoms with E-state index in [0.29, 0.717) is 23.8 Å². The van der Waals surface area contributed by atoms with Crippen LogP contribution in [0.15, 0.2) is 23.1 Å². The topological polar surface area (TPSA) is 86.4 Å². The number of hydrogen-bond acceptors (Lipinski definition) is 4. The SMILES string of the molecule is O=C(c1n[nH]c2c1CCCC2)N1CCN(S(=O)(=O)c2ccc(Cl)c(Cl)c2)CC1. The number of aromatic nitrogens is 2. The molecule has 4 rings (SSSR count). The molecule has 0 bridgehead atoms. The summed E-state index contributed by atoms with van der Waals surface area (Å²) in [6.07, 6.45) is 3.94. The summed E-state index contributed by atoms with van der Waals surface area (Å²) in [6, 6.07) is 4.26. The van der Waals surface area contributed by atoms with Crippen LogP contribution in [-0.4, -0.2) is 59.9 Å². The third-order valence-corrected chi connectivity index (χ3v) is 7.95. The van der Waals surface area contributed by atoms with Crippen LogP contribution >= 0.6 is 23.2 Å². The number of H-pyrrole nitrogens is 1. The molecule has 0 spiro atoms. The van der Waals surface area contributed by atoms with Crippen LogP contribution in [0.25, 0.3) is 0 Å². The summed E-state index contributed by atoms with van der Waals surface area (Å²) in [5.74, 6) is -0.133. The van der Waals surface area contributed by atoms with E-state index in [4.69, 9.17) is 23.2 Å². The molecule has 0 unspecified atom stereocenters. The predicted octanol–water partition coefficient (Wildman–Crippen LogP) is 2.74. The number of piperazine rings is 1. The van der Waals surface area contributed by atoms with E-state index >= 15 is 0 Å². The first kappa shape index (κ1) is 19.7. The first-order valence-corrected chi connectivity index (χ1v) is 11.4. The molecule has 1 N–H and O–H groups in total. The average molecular weight is 443 g/mol. The molecule has 0 atom stereocenters. The Bertz CT molecular complexity index is 1010. The van der Waals surface area contributed by atoms with Gasteiger partial charge in [0.05, 0.1) is 14.9 Å². The van der Waals surface area contributed by atoms with Crippen molar-refractivity contribution in [2.75, 3.05) is 26.2 Å². The number of amides is 1. The molecule has 1 aliphatic heterocycles. The largest absolute Gasteiger partial charge is 0.335 e. The fourth-order valence-corrected chi connectivity index (χ4v) is 5.54. The molecule has 2 heterocycles. The minimum absolute atomic E-state index is 0.100. The van der Waals surface area contributed by atoms with Crippen molar-refractivity contribution >= 4 is 39.1 Å². The highest BCUT2D eigenvalue weighted by Gasteiger charge is 2.32. The van der Waals surface area contributed by atoms with Crippen LogP contribution in [0.4, 0.5) is 0 Å². The van der Waals surface area contributed by atoms with E-state index in [-0.39, 0.29) is 28.9 Å². The molecule has 2 aromatic rings. The van der Waals surface area contributed by atoms with Gasteiger partial charge in [0, 0.05) is 37.4 Å². The standard InChI is InChI=1S/C18H20Cl2N4O3S/c19-14-6-5-12(11-15(14)20)28(26,27)24-9-7-23(8-10-24)18(25)17-13-3-1-2-4-16(13)21-22-17/h5-6,11H,1-4,7-10H2,(H,21,22). The lowest BCUT2D eigenvalue weighted by atomic mass is 9.95. The van der Waals surface area contributed by atoms with Crippen molar-refractivity contribution in [1.29, 1.82) is 0 Å². The summed E-state index contributed by atoms with van der Waals surface area (Å²) in [6.45, 7) is 1.09. The highest BCUT2D eigenvalue weighted by atomic mass is 35.5. The van der Waals surface area contributed by atoms with Crippen molar-refractivity contribution in [2.45, 2.75) is 30.6 Å². The van der Waals surface area contributed by atoms with E-state index in [1.807, 2.05) is 0 Å². The minimum atomic E-state index is -3.69. The van der Waals surface area contributed by atoms with Crippen molar-refractivity contribution in [1.82, 2.24) is 19.4 Å². The molecule has 1 amide bonds. The lowest BCUT2D eigenvalue weighted by Crippen LogP contribution is -2.50. The Morgan fingerprint density at radius 3 is 2.46 bits per heavy atom. The zero-order valence-electron chi connectivity index (χ0n) is 15.1. The van der Waals surface area contributed by atoms with Gasteiger partial charge in [-0.15, -0.1) is 0 Å². The molecule has 1 fully saturated rings. The van der Waals surface area contributed by atoms with Crippen LogP contribution in [0, 0.1) is 0 Å². The number of halogens is 2. The molecule has 150 valence electrons. The summed E-state index contributed by atoms with van der Waals surface area (Å²) in [5, 5.41) is 7.71. The lowest BCUT2D eigenvalue weighted by Gasteiger charge is -2.34. The molecule has 1 aromatic heterocycles. The summed E-state index contributed by atoms with van der Waals surface area (Å²) in [5.41, 5.74) is 2.55. The van der Waals surface area contributed by atoms with Gasteiger partial charge >= 0.3 is 0 Å². The molecular weight excluding hydrogens is 423 g/mol. The van der Waals surface area contributed by atoms with Gasteiger partial charge in [-0.1, -0.05) is 23.2 Å². The van der Waals surface area contributed by atoms with Crippen LogP contribution < -0.4 is 0 Å². The minimum Gasteiger partial charge on any atom is -0.335 e. The second-order valence-corrected chi connectivity index (χ2v) is 9.76. The van der Waals surface area contributed by atoms with Crippen LogP contribution in [0.1, 0.15) is 34.6 Å². The van der Waals surface area contributed by atoms with Gasteiger partial charge in [-0.2, -0.15) is 9.40 Å². The highest BCUT2D eigenvalue weighted by Crippen LogP contribution is 2.28. The maximum Gasteiger partial charge on any atom is 0.274 e. The van der Waals surface area contributed by atoms with Crippen LogP contribution in [0.2, 0.25) is 10.0 Å². The van der Waals surface area contributed by atoms with Crippen molar-refractivity contribution in [3.8, 4) is 0 Å². The number of sulfonamides is 1. The Kier molecular flexibility index (Phi) is 5.39. The summed E-state index contributed by atoms with van der Waals surface area (Å²) < 4.78 is 27.1. The third kappa shape index (κ3) is 3.54. The Balaban J connectivity index is 1.46. The number of benzene rings is 1. The Morgan fingerprint density at radius 1 is 1.04 bits per heavy atom. The number of carbonyl (C=O) groups excluding carboxylic acids is 1. The van der Waals surface area contributed by atoms with E-state index < -0.39 is 10.0 Å². The van der Waals surface area contributed by atoms with Gasteiger partial charge < -0.3 is 4.90 Å². The van der Waals surface area contributed by atoms with Gasteiger partial charge in [0.25, 0.3) is 5.91 Å². The molecule has 0 radical (unpaired) electrons. The molecule has 1 aromatic carbocycles. The van der Waals surface area contributed by atoms with Gasteiger partial charge in [-0.3, -0.25) is 9.89 Å². The Morgan fingerprint density at radius 2 is 1.75 bits per heavy atom. The van der Waals surface area contributed by atoms with Gasteiger partial charge in [-0.05, 0) is 43.9 Å². The first-order valence-electron chi connectivity index (χ1n) is 9.18. The van der Waals surface area contributed by atoms with Gasteiger partial charge in [-0.25, -0.2) is 8.42 Å². The maximum atomic E-state index is 12.9. The first-order chi connectivity index (χ1) is 13.4. The second kappa shape index (κ2) is 7.67. The van der Waals surface area contributed by atoms with E-state index in [2.05, 4.69) is 10.2 Å². The molecule has 28 heavy (non-hydrogen) atoms. The second-order valence-electron chi connectivity index (χ2n) is 7.01. The number of nitrogens with zero attached hydrogens (tertiary/aromatic N) is 3. The normalized spacial score (nSPS) is 18.1. The number of aromatic amines is 1. The molecule has 7 nitrogen and oxygen atoms in total. The van der Waals surface area contributed by atoms with Crippen LogP contribution in [0.5, 0.6) is 0 Å². The predicted molar refractivity (Wildman–Crippen MR) is 106 cm³/mol. The van der Waals surface area contributed by atoms with Crippen molar-refractivity contribution in [3.05, 3.63) is 45.2 Å². The third-order valence-electron chi connectivity index (χ3n) is 5.31. The van der Waals surface area contributed by atoms with Gasteiger partial charge in [0.1, 0.15) is 0 Å².